The molecule has 2 heterocycles. The summed E-state index contributed by atoms with van der Waals surface area (Å²) in [7, 11) is 2.25. The number of nitrogens with one attached hydrogen (secondary N) is 1. The third-order valence-electron chi connectivity index (χ3n) is 5.70. The van der Waals surface area contributed by atoms with Gasteiger partial charge in [-0.25, -0.2) is 4.39 Å². The highest BCUT2D eigenvalue weighted by Gasteiger charge is 2.38. The van der Waals surface area contributed by atoms with Gasteiger partial charge in [0.1, 0.15) is 5.82 Å². The zero-order chi connectivity index (χ0) is 13.7. The van der Waals surface area contributed by atoms with E-state index < -0.39 is 0 Å². The van der Waals surface area contributed by atoms with Gasteiger partial charge in [-0.2, -0.15) is 0 Å². The summed E-state index contributed by atoms with van der Waals surface area (Å²) in [6.07, 6.45) is 7.17. The summed E-state index contributed by atoms with van der Waals surface area (Å²) >= 11 is 0. The molecule has 3 atom stereocenters. The van der Waals surface area contributed by atoms with Gasteiger partial charge in [0.2, 0.25) is 0 Å². The molecular formula is C17H23FN2. The molecule has 2 fully saturated rings. The Morgan fingerprint density at radius 1 is 1.15 bits per heavy atom. The summed E-state index contributed by atoms with van der Waals surface area (Å²) in [6, 6.07) is 8.11. The number of piperidine rings is 1. The van der Waals surface area contributed by atoms with E-state index in [0.717, 1.165) is 30.5 Å². The van der Waals surface area contributed by atoms with Crippen LogP contribution in [0.3, 0.4) is 0 Å². The fraction of sp³-hybridized carbons (Fsp3) is 0.647. The van der Waals surface area contributed by atoms with Gasteiger partial charge in [0, 0.05) is 24.2 Å². The molecule has 0 amide bonds. The van der Waals surface area contributed by atoms with E-state index in [1.54, 1.807) is 6.07 Å². The van der Waals surface area contributed by atoms with Crippen molar-refractivity contribution in [2.75, 3.05) is 7.05 Å². The second-order valence-electron chi connectivity index (χ2n) is 6.79. The predicted octanol–water partition coefficient (Wildman–Crippen LogP) is 3.03. The first-order valence-electron chi connectivity index (χ1n) is 7.97. The fourth-order valence-corrected chi connectivity index (χ4v) is 4.63. The Labute approximate surface area is 120 Å². The molecule has 108 valence electrons. The van der Waals surface area contributed by atoms with Crippen LogP contribution in [0.15, 0.2) is 18.2 Å². The zero-order valence-electron chi connectivity index (χ0n) is 12.1. The molecule has 1 aliphatic carbocycles. The molecule has 0 aromatic heterocycles. The van der Waals surface area contributed by atoms with E-state index in [4.69, 9.17) is 0 Å². The maximum absolute atomic E-state index is 13.9. The Balaban J connectivity index is 1.56. The van der Waals surface area contributed by atoms with Crippen molar-refractivity contribution in [1.82, 2.24) is 10.2 Å². The van der Waals surface area contributed by atoms with Crippen molar-refractivity contribution in [3.05, 3.63) is 35.1 Å². The molecule has 3 heteroatoms. The largest absolute Gasteiger partial charge is 0.311 e. The minimum Gasteiger partial charge on any atom is -0.311 e. The summed E-state index contributed by atoms with van der Waals surface area (Å²) in [5.74, 6) is -0.0104. The van der Waals surface area contributed by atoms with Gasteiger partial charge in [0.15, 0.2) is 0 Å². The van der Waals surface area contributed by atoms with Gasteiger partial charge in [-0.3, -0.25) is 4.90 Å². The van der Waals surface area contributed by atoms with E-state index in [0.29, 0.717) is 12.1 Å². The number of rotatable bonds is 2. The second kappa shape index (κ2) is 4.81. The topological polar surface area (TPSA) is 15.3 Å². The average Bonchev–Trinajstić information content (AvgIpc) is 3.02. The molecule has 3 aliphatic rings. The van der Waals surface area contributed by atoms with Gasteiger partial charge >= 0.3 is 0 Å². The summed E-state index contributed by atoms with van der Waals surface area (Å²) < 4.78 is 13.9. The number of fused-ring (bicyclic) bond motifs is 3. The average molecular weight is 274 g/mol. The Morgan fingerprint density at radius 2 is 1.90 bits per heavy atom. The smallest absolute Gasteiger partial charge is 0.126 e. The van der Waals surface area contributed by atoms with Crippen LogP contribution in [0, 0.1) is 5.82 Å². The van der Waals surface area contributed by atoms with Crippen LogP contribution in [0.25, 0.3) is 0 Å². The van der Waals surface area contributed by atoms with E-state index in [1.807, 2.05) is 6.07 Å². The summed E-state index contributed by atoms with van der Waals surface area (Å²) in [4.78, 5) is 2.54. The van der Waals surface area contributed by atoms with Gasteiger partial charge in [-0.1, -0.05) is 12.1 Å². The van der Waals surface area contributed by atoms with E-state index >= 15 is 0 Å². The van der Waals surface area contributed by atoms with Gasteiger partial charge in [0.25, 0.3) is 0 Å². The monoisotopic (exact) mass is 274 g/mol. The van der Waals surface area contributed by atoms with Crippen molar-refractivity contribution < 1.29 is 4.39 Å². The molecule has 20 heavy (non-hydrogen) atoms. The Morgan fingerprint density at radius 3 is 2.65 bits per heavy atom. The predicted molar refractivity (Wildman–Crippen MR) is 78.2 cm³/mol. The standard InChI is InChI=1S/C17H23FN2/c1-20(13-9-11-5-6-12(10-13)19-11)17-8-7-14-15(17)3-2-4-16(14)18/h2-4,11-13,17,19H,5-10H2,1H3. The Hall–Kier alpha value is -0.930. The summed E-state index contributed by atoms with van der Waals surface area (Å²) in [5.41, 5.74) is 2.19. The van der Waals surface area contributed by atoms with Crippen molar-refractivity contribution in [3.8, 4) is 0 Å². The fourth-order valence-electron chi connectivity index (χ4n) is 4.63. The molecule has 0 radical (unpaired) electrons. The number of nitrogens with zero attached hydrogens (tertiary/aromatic N) is 1. The number of hydrogen-bond acceptors (Lipinski definition) is 2. The van der Waals surface area contributed by atoms with Crippen molar-refractivity contribution in [2.45, 2.75) is 62.7 Å². The SMILES string of the molecule is CN(C1CC2CCC(C1)N2)C1CCc2c(F)cccc21. The maximum Gasteiger partial charge on any atom is 0.126 e. The third kappa shape index (κ3) is 1.99. The molecule has 0 saturated carbocycles. The Kier molecular flexibility index (Phi) is 3.08. The summed E-state index contributed by atoms with van der Waals surface area (Å²) in [6.45, 7) is 0. The van der Waals surface area contributed by atoms with Crippen molar-refractivity contribution in [1.29, 1.82) is 0 Å². The second-order valence-corrected chi connectivity index (χ2v) is 6.79. The lowest BCUT2D eigenvalue weighted by molar-refractivity contribution is 0.124. The van der Waals surface area contributed by atoms with E-state index in [1.165, 1.54) is 31.2 Å². The number of halogens is 1. The first kappa shape index (κ1) is 12.8. The zero-order valence-corrected chi connectivity index (χ0v) is 12.1. The normalized spacial score (nSPS) is 35.5. The van der Waals surface area contributed by atoms with Crippen molar-refractivity contribution in [2.24, 2.45) is 0 Å². The van der Waals surface area contributed by atoms with Crippen LogP contribution in [0.2, 0.25) is 0 Å². The van der Waals surface area contributed by atoms with Crippen LogP contribution in [-0.4, -0.2) is 30.1 Å². The minimum atomic E-state index is -0.0104. The van der Waals surface area contributed by atoms with Gasteiger partial charge in [-0.15, -0.1) is 0 Å². The molecule has 1 aromatic rings. The minimum absolute atomic E-state index is 0.0104. The molecule has 4 rings (SSSR count). The first-order valence-corrected chi connectivity index (χ1v) is 7.97. The van der Waals surface area contributed by atoms with E-state index in [9.17, 15) is 4.39 Å². The molecule has 1 N–H and O–H groups in total. The Bertz CT molecular complexity index is 504. The number of benzene rings is 1. The highest BCUT2D eigenvalue weighted by atomic mass is 19.1. The molecule has 0 spiro atoms. The molecule has 2 bridgehead atoms. The lowest BCUT2D eigenvalue weighted by atomic mass is 9.96. The molecule has 2 aliphatic heterocycles. The third-order valence-corrected chi connectivity index (χ3v) is 5.70. The van der Waals surface area contributed by atoms with Crippen molar-refractivity contribution in [3.63, 3.8) is 0 Å². The summed E-state index contributed by atoms with van der Waals surface area (Å²) in [5, 5.41) is 3.71. The van der Waals surface area contributed by atoms with E-state index in [-0.39, 0.29) is 5.82 Å². The van der Waals surface area contributed by atoms with Crippen LogP contribution in [0.1, 0.15) is 49.3 Å². The van der Waals surface area contributed by atoms with Crippen LogP contribution < -0.4 is 5.32 Å². The van der Waals surface area contributed by atoms with Gasteiger partial charge in [0.05, 0.1) is 0 Å². The maximum atomic E-state index is 13.9. The molecule has 2 nitrogen and oxygen atoms in total. The van der Waals surface area contributed by atoms with Crippen molar-refractivity contribution >= 4 is 0 Å². The highest BCUT2D eigenvalue weighted by Crippen LogP contribution is 2.40. The molecule has 3 unspecified atom stereocenters. The molecule has 1 aromatic carbocycles. The first-order chi connectivity index (χ1) is 9.72. The lowest BCUT2D eigenvalue weighted by Crippen LogP contribution is -2.47. The van der Waals surface area contributed by atoms with Crippen LogP contribution >= 0.6 is 0 Å². The van der Waals surface area contributed by atoms with E-state index in [2.05, 4.69) is 23.3 Å². The van der Waals surface area contributed by atoms with Gasteiger partial charge < -0.3 is 5.32 Å². The van der Waals surface area contributed by atoms with Gasteiger partial charge in [-0.05, 0) is 62.8 Å². The molecule has 2 saturated heterocycles. The van der Waals surface area contributed by atoms with Crippen LogP contribution in [-0.2, 0) is 6.42 Å². The van der Waals surface area contributed by atoms with Crippen LogP contribution in [0.4, 0.5) is 4.39 Å². The number of hydrogen-bond donors (Lipinski definition) is 1. The molecular weight excluding hydrogens is 251 g/mol. The van der Waals surface area contributed by atoms with Crippen LogP contribution in [0.5, 0.6) is 0 Å². The highest BCUT2D eigenvalue weighted by molar-refractivity contribution is 5.35. The quantitative estimate of drug-likeness (QED) is 0.892. The lowest BCUT2D eigenvalue weighted by Gasteiger charge is -2.39.